The number of halogens is 2. The van der Waals surface area contributed by atoms with Crippen LogP contribution in [0.15, 0.2) is 103 Å². The summed E-state index contributed by atoms with van der Waals surface area (Å²) in [7, 11) is 10.7. The third-order valence-corrected chi connectivity index (χ3v) is 14.5. The summed E-state index contributed by atoms with van der Waals surface area (Å²) in [5, 5.41) is 6.91. The molecule has 0 radical (unpaired) electrons. The van der Waals surface area contributed by atoms with Gasteiger partial charge in [-0.2, -0.15) is 0 Å². The van der Waals surface area contributed by atoms with Crippen LogP contribution in [0, 0.1) is 5.92 Å². The molecule has 5 aromatic rings. The quantitative estimate of drug-likeness (QED) is 0.119. The van der Waals surface area contributed by atoms with Crippen LogP contribution in [0.4, 0.5) is 0 Å². The first-order valence-corrected chi connectivity index (χ1v) is 25.8. The molecule has 0 bridgehead atoms. The van der Waals surface area contributed by atoms with Gasteiger partial charge in [0.25, 0.3) is 0 Å². The average molecular weight is 1050 g/mol. The minimum absolute atomic E-state index is 0.0721. The van der Waals surface area contributed by atoms with Gasteiger partial charge in [-0.25, -0.2) is 4.98 Å². The van der Waals surface area contributed by atoms with Crippen LogP contribution in [0.5, 0.6) is 11.5 Å². The van der Waals surface area contributed by atoms with Crippen LogP contribution in [0.1, 0.15) is 48.7 Å². The van der Waals surface area contributed by atoms with Crippen molar-refractivity contribution >= 4 is 52.7 Å². The first kappa shape index (κ1) is 55.5. The zero-order valence-corrected chi connectivity index (χ0v) is 44.9. The Kier molecular flexibility index (Phi) is 19.3. The van der Waals surface area contributed by atoms with Crippen molar-refractivity contribution in [2.24, 2.45) is 13.0 Å². The van der Waals surface area contributed by atoms with Crippen LogP contribution in [-0.4, -0.2) is 156 Å². The van der Waals surface area contributed by atoms with Gasteiger partial charge in [0.15, 0.2) is 0 Å². The van der Waals surface area contributed by atoms with E-state index in [2.05, 4.69) is 30.0 Å². The fourth-order valence-electron chi connectivity index (χ4n) is 9.35. The van der Waals surface area contributed by atoms with Crippen molar-refractivity contribution in [1.82, 2.24) is 44.7 Å². The Balaban J connectivity index is 1.28. The molecule has 394 valence electrons. The first-order valence-electron chi connectivity index (χ1n) is 25.1. The van der Waals surface area contributed by atoms with E-state index in [1.807, 2.05) is 101 Å². The van der Waals surface area contributed by atoms with Crippen molar-refractivity contribution in [1.29, 1.82) is 0 Å². The van der Waals surface area contributed by atoms with Gasteiger partial charge >= 0.3 is 0 Å². The molecule has 18 heteroatoms. The molecular weight excluding hydrogens is 982 g/mol. The fourth-order valence-corrected chi connectivity index (χ4v) is 9.63. The van der Waals surface area contributed by atoms with Crippen molar-refractivity contribution in [2.75, 3.05) is 68.1 Å². The molecule has 3 heterocycles. The SMILES string of the molecule is COC[C@@H]1NC(=O)[C@H](CN2CCC2)N(Cc2ccc(Cl)cc2Oc2ccc(-c3cnc(CN(C)C)n3C)cc2)C(=O)C[C@@H](Cc2ccccc2)C(=O)N(C)[C@@H](C)CNC(=O)C[C@H](Cc2ccc(Cl)cc2)N(C)C1=O. The summed E-state index contributed by atoms with van der Waals surface area (Å²) in [5.74, 6) is -1.21. The molecule has 16 nitrogen and oxygen atoms in total. The van der Waals surface area contributed by atoms with Crippen molar-refractivity contribution in [2.45, 2.75) is 76.3 Å². The van der Waals surface area contributed by atoms with Crippen LogP contribution >= 0.6 is 23.2 Å². The Morgan fingerprint density at radius 3 is 2.15 bits per heavy atom. The lowest BCUT2D eigenvalue weighted by molar-refractivity contribution is -0.148. The highest BCUT2D eigenvalue weighted by Crippen LogP contribution is 2.33. The lowest BCUT2D eigenvalue weighted by atomic mass is 9.93. The number of carbonyl (C=O) groups excluding carboxylic acids is 5. The zero-order valence-electron chi connectivity index (χ0n) is 43.4. The maximum atomic E-state index is 15.5. The molecule has 0 aliphatic carbocycles. The number of amides is 5. The number of likely N-dealkylation sites (N-methyl/N-ethyl adjacent to an activating group) is 2. The van der Waals surface area contributed by atoms with E-state index in [9.17, 15) is 14.4 Å². The van der Waals surface area contributed by atoms with E-state index in [1.54, 1.807) is 49.3 Å². The number of nitrogens with one attached hydrogen (secondary N) is 2. The highest BCUT2D eigenvalue weighted by Gasteiger charge is 2.39. The van der Waals surface area contributed by atoms with E-state index < -0.39 is 47.8 Å². The maximum absolute atomic E-state index is 15.5. The van der Waals surface area contributed by atoms with Crippen molar-refractivity contribution in [3.8, 4) is 22.8 Å². The monoisotopic (exact) mass is 1050 g/mol. The summed E-state index contributed by atoms with van der Waals surface area (Å²) in [6.07, 6.45) is 2.96. The molecule has 74 heavy (non-hydrogen) atoms. The number of rotatable bonds is 15. The van der Waals surface area contributed by atoms with E-state index in [0.717, 1.165) is 34.6 Å². The second-order valence-electron chi connectivity index (χ2n) is 19.8. The summed E-state index contributed by atoms with van der Waals surface area (Å²) in [6, 6.07) is 26.0. The van der Waals surface area contributed by atoms with Crippen molar-refractivity contribution in [3.63, 3.8) is 0 Å². The van der Waals surface area contributed by atoms with Gasteiger partial charge in [0.2, 0.25) is 29.5 Å². The Labute approximate surface area is 444 Å². The summed E-state index contributed by atoms with van der Waals surface area (Å²) in [4.78, 5) is 87.4. The molecule has 5 atom stereocenters. The van der Waals surface area contributed by atoms with Gasteiger partial charge < -0.3 is 49.2 Å². The largest absolute Gasteiger partial charge is 0.457 e. The predicted octanol–water partition coefficient (Wildman–Crippen LogP) is 6.47. The molecule has 0 unspecified atom stereocenters. The standard InChI is InChI=1S/C56H69Cl2N9O7/c1-37-31-60-52(68)30-45(27-39-14-19-43(57)20-15-39)64(5)56(72)47(36-73-7)61-54(70)49(34-66-24-11-25-66)67(53(69)28-42(55(71)63(37)4)26-38-12-9-8-10-13-38)33-41-16-21-44(58)29-50(41)74-46-22-17-40(18-23-46)48-32-59-51(65(48)6)35-62(2)3/h8-10,12-23,29,32,37,42,45,47,49H,11,24-28,30-31,33-36H2,1-7H3,(H,60,68)(H,61,70)/t37-,42+,45-,47-,49-/m0/s1. The number of hydrogen-bond acceptors (Lipinski definition) is 10. The summed E-state index contributed by atoms with van der Waals surface area (Å²) in [6.45, 7) is 3.87. The van der Waals surface area contributed by atoms with E-state index in [-0.39, 0.29) is 57.3 Å². The number of nitrogens with zero attached hydrogens (tertiary/aromatic N) is 7. The lowest BCUT2D eigenvalue weighted by Gasteiger charge is -2.40. The van der Waals surface area contributed by atoms with E-state index >= 15 is 9.59 Å². The molecule has 5 amide bonds. The second-order valence-corrected chi connectivity index (χ2v) is 20.6. The highest BCUT2D eigenvalue weighted by atomic mass is 35.5. The van der Waals surface area contributed by atoms with Crippen LogP contribution in [0.2, 0.25) is 10.0 Å². The third kappa shape index (κ3) is 14.5. The number of hydrogen-bond donors (Lipinski definition) is 2. The predicted molar refractivity (Wildman–Crippen MR) is 287 cm³/mol. The van der Waals surface area contributed by atoms with Gasteiger partial charge in [0.1, 0.15) is 29.4 Å². The lowest BCUT2D eigenvalue weighted by Crippen LogP contribution is -2.61. The minimum Gasteiger partial charge on any atom is -0.457 e. The number of ether oxygens (including phenoxy) is 2. The number of benzene rings is 4. The zero-order chi connectivity index (χ0) is 53.1. The number of aromatic nitrogens is 2. The molecule has 0 spiro atoms. The van der Waals surface area contributed by atoms with Crippen LogP contribution in [-0.2, 0) is 61.7 Å². The minimum atomic E-state index is -1.20. The number of likely N-dealkylation sites (tertiary alicyclic amines) is 1. The Bertz CT molecular complexity index is 2720. The molecule has 2 N–H and O–H groups in total. The molecule has 2 aliphatic heterocycles. The van der Waals surface area contributed by atoms with Gasteiger partial charge in [-0.1, -0.05) is 71.7 Å². The molecule has 1 aromatic heterocycles. The number of carbonyl (C=O) groups is 5. The van der Waals surface area contributed by atoms with Gasteiger partial charge in [-0.15, -0.1) is 0 Å². The first-order chi connectivity index (χ1) is 35.5. The fraction of sp³-hybridized carbons (Fsp3) is 0.429. The van der Waals surface area contributed by atoms with Crippen LogP contribution in [0.25, 0.3) is 11.3 Å². The maximum Gasteiger partial charge on any atom is 0.247 e. The average Bonchev–Trinajstić information content (AvgIpc) is 3.72. The van der Waals surface area contributed by atoms with Crippen molar-refractivity contribution < 1.29 is 33.4 Å². The molecule has 2 fully saturated rings. The Morgan fingerprint density at radius 2 is 1.49 bits per heavy atom. The van der Waals surface area contributed by atoms with Gasteiger partial charge in [0.05, 0.1) is 37.5 Å². The summed E-state index contributed by atoms with van der Waals surface area (Å²) in [5.41, 5.74) is 4.13. The number of imidazole rings is 1. The molecule has 4 aromatic carbocycles. The topological polar surface area (TPSA) is 162 Å². The van der Waals surface area contributed by atoms with Crippen LogP contribution < -0.4 is 15.4 Å². The molecule has 2 saturated heterocycles. The highest BCUT2D eigenvalue weighted by molar-refractivity contribution is 6.31. The summed E-state index contributed by atoms with van der Waals surface area (Å²) < 4.78 is 14.2. The summed E-state index contributed by atoms with van der Waals surface area (Å²) >= 11 is 12.9. The van der Waals surface area contributed by atoms with Crippen molar-refractivity contribution in [3.05, 3.63) is 136 Å². The third-order valence-electron chi connectivity index (χ3n) is 14.0. The molecule has 7 rings (SSSR count). The van der Waals surface area contributed by atoms with Gasteiger partial charge in [-0.3, -0.25) is 24.0 Å². The number of methoxy groups -OCH3 is 1. The van der Waals surface area contributed by atoms with E-state index in [0.29, 0.717) is 53.2 Å². The van der Waals surface area contributed by atoms with Gasteiger partial charge in [0, 0.05) is 87.4 Å². The smallest absolute Gasteiger partial charge is 0.247 e. The second kappa shape index (κ2) is 25.8. The molecule has 0 saturated carbocycles. The van der Waals surface area contributed by atoms with Crippen LogP contribution in [0.3, 0.4) is 0 Å². The molecule has 2 aliphatic rings. The van der Waals surface area contributed by atoms with E-state index in [1.165, 1.54) is 16.9 Å². The molecular formula is C56H69Cl2N9O7. The Hall–Kier alpha value is -6.30. The van der Waals surface area contributed by atoms with Gasteiger partial charge in [-0.05, 0) is 113 Å². The normalized spacial score (nSPS) is 21.0. The Morgan fingerprint density at radius 1 is 0.797 bits per heavy atom. The van der Waals surface area contributed by atoms with E-state index in [4.69, 9.17) is 32.7 Å².